The van der Waals surface area contributed by atoms with Gasteiger partial charge in [0, 0.05) is 6.20 Å². The third-order valence-corrected chi connectivity index (χ3v) is 1.74. The first-order chi connectivity index (χ1) is 5.11. The minimum Gasteiger partial charge on any atom is -0.240 e. The summed E-state index contributed by atoms with van der Waals surface area (Å²) in [4.78, 5) is 0. The first kappa shape index (κ1) is 8.59. The number of thiol groups is 1. The second-order valence-corrected chi connectivity index (χ2v) is 3.66. The van der Waals surface area contributed by atoms with E-state index in [2.05, 4.69) is 36.8 Å². The van der Waals surface area contributed by atoms with Gasteiger partial charge in [0.25, 0.3) is 0 Å². The molecule has 1 aromatic heterocycles. The summed E-state index contributed by atoms with van der Waals surface area (Å²) >= 11 is 4.23. The van der Waals surface area contributed by atoms with Crippen molar-refractivity contribution < 1.29 is 0 Å². The lowest BCUT2D eigenvalue weighted by molar-refractivity contribution is 0.615. The topological polar surface area (TPSA) is 30.7 Å². The Bertz CT molecular complexity index is 207. The van der Waals surface area contributed by atoms with Gasteiger partial charge >= 0.3 is 0 Å². The molecule has 62 valence electrons. The van der Waals surface area contributed by atoms with Gasteiger partial charge in [-0.15, -0.1) is 5.10 Å². The summed E-state index contributed by atoms with van der Waals surface area (Å²) in [6, 6.07) is 0. The molecule has 0 spiro atoms. The molecular weight excluding hydrogens is 158 g/mol. The highest BCUT2D eigenvalue weighted by Crippen LogP contribution is 2.13. The van der Waals surface area contributed by atoms with Gasteiger partial charge in [0.1, 0.15) is 0 Å². The van der Waals surface area contributed by atoms with E-state index in [0.717, 1.165) is 5.69 Å². The number of rotatable bonds is 2. The fourth-order valence-electron chi connectivity index (χ4n) is 0.738. The Morgan fingerprint density at radius 3 is 2.36 bits per heavy atom. The molecule has 0 N–H and O–H groups in total. The zero-order valence-electron chi connectivity index (χ0n) is 7.02. The van der Waals surface area contributed by atoms with Crippen LogP contribution in [-0.2, 0) is 0 Å². The number of hydrogen-bond donors (Lipinski definition) is 1. The molecule has 0 radical (unpaired) electrons. The van der Waals surface area contributed by atoms with Gasteiger partial charge in [0.2, 0.25) is 0 Å². The lowest BCUT2D eigenvalue weighted by atomic mass is 10.2. The summed E-state index contributed by atoms with van der Waals surface area (Å²) < 4.78 is 1.75. The van der Waals surface area contributed by atoms with E-state index in [1.165, 1.54) is 0 Å². The molecule has 0 aliphatic heterocycles. The average molecular weight is 171 g/mol. The van der Waals surface area contributed by atoms with Crippen LogP contribution in [0.5, 0.6) is 0 Å². The maximum atomic E-state index is 4.23. The van der Waals surface area contributed by atoms with Crippen molar-refractivity contribution in [1.82, 2.24) is 15.0 Å². The van der Waals surface area contributed by atoms with Gasteiger partial charge in [0.15, 0.2) is 0 Å². The van der Waals surface area contributed by atoms with Crippen LogP contribution in [0.4, 0.5) is 0 Å². The van der Waals surface area contributed by atoms with Gasteiger partial charge in [-0.3, -0.25) is 0 Å². The highest BCUT2D eigenvalue weighted by molar-refractivity contribution is 7.80. The summed E-state index contributed by atoms with van der Waals surface area (Å²) in [6.07, 6.45) is 1.93. The molecule has 0 aromatic carbocycles. The summed E-state index contributed by atoms with van der Waals surface area (Å²) in [6.45, 7) is 6.15. The third-order valence-electron chi connectivity index (χ3n) is 1.50. The largest absolute Gasteiger partial charge is 0.240 e. The molecule has 1 atom stereocenters. The monoisotopic (exact) mass is 171 g/mol. The maximum absolute atomic E-state index is 4.23. The van der Waals surface area contributed by atoms with Gasteiger partial charge in [0.05, 0.1) is 11.1 Å². The van der Waals surface area contributed by atoms with Gasteiger partial charge in [-0.2, -0.15) is 12.6 Å². The Balaban J connectivity index is 2.82. The van der Waals surface area contributed by atoms with Crippen molar-refractivity contribution in [1.29, 1.82) is 0 Å². The molecule has 1 rings (SSSR count). The molecule has 11 heavy (non-hydrogen) atoms. The molecular formula is C7H13N3S. The predicted molar refractivity (Wildman–Crippen MR) is 47.8 cm³/mol. The molecule has 3 nitrogen and oxygen atoms in total. The van der Waals surface area contributed by atoms with Crippen LogP contribution >= 0.6 is 12.6 Å². The van der Waals surface area contributed by atoms with Crippen LogP contribution in [0, 0.1) is 0 Å². The average Bonchev–Trinajstić information content (AvgIpc) is 2.33. The quantitative estimate of drug-likeness (QED) is 0.688. The van der Waals surface area contributed by atoms with Crippen molar-refractivity contribution in [3.8, 4) is 0 Å². The lowest BCUT2D eigenvalue weighted by Gasteiger charge is -2.00. The first-order valence-electron chi connectivity index (χ1n) is 3.71. The molecule has 0 amide bonds. The van der Waals surface area contributed by atoms with Crippen LogP contribution in [0.15, 0.2) is 6.20 Å². The zero-order chi connectivity index (χ0) is 8.43. The minimum atomic E-state index is 0.106. The predicted octanol–water partition coefficient (Wildman–Crippen LogP) is 1.85. The molecule has 1 aromatic rings. The zero-order valence-corrected chi connectivity index (χ0v) is 7.92. The Morgan fingerprint density at radius 1 is 1.45 bits per heavy atom. The minimum absolute atomic E-state index is 0.106. The van der Waals surface area contributed by atoms with Crippen molar-refractivity contribution >= 4 is 12.6 Å². The smallest absolute Gasteiger partial charge is 0.0932 e. The van der Waals surface area contributed by atoms with E-state index in [1.807, 2.05) is 13.1 Å². The van der Waals surface area contributed by atoms with Crippen LogP contribution in [-0.4, -0.2) is 15.0 Å². The SMILES string of the molecule is CC(C)c1cn(C(C)S)nn1. The van der Waals surface area contributed by atoms with Crippen LogP contribution in [0.3, 0.4) is 0 Å². The van der Waals surface area contributed by atoms with Gasteiger partial charge in [-0.1, -0.05) is 19.1 Å². The van der Waals surface area contributed by atoms with Crippen LogP contribution < -0.4 is 0 Å². The summed E-state index contributed by atoms with van der Waals surface area (Å²) in [5, 5.41) is 8.03. The van der Waals surface area contributed by atoms with Crippen molar-refractivity contribution in [3.05, 3.63) is 11.9 Å². The second-order valence-electron chi connectivity index (χ2n) is 2.91. The van der Waals surface area contributed by atoms with E-state index >= 15 is 0 Å². The molecule has 1 unspecified atom stereocenters. The van der Waals surface area contributed by atoms with E-state index in [-0.39, 0.29) is 5.37 Å². The summed E-state index contributed by atoms with van der Waals surface area (Å²) in [5.74, 6) is 0.441. The number of hydrogen-bond acceptors (Lipinski definition) is 3. The molecule has 0 saturated carbocycles. The standard InChI is InChI=1S/C7H13N3S/c1-5(2)7-4-10(6(3)11)9-8-7/h4-6,11H,1-3H3. The highest BCUT2D eigenvalue weighted by Gasteiger charge is 2.06. The Morgan fingerprint density at radius 2 is 2.09 bits per heavy atom. The fraction of sp³-hybridized carbons (Fsp3) is 0.714. The number of nitrogens with zero attached hydrogens (tertiary/aromatic N) is 3. The molecule has 0 aliphatic rings. The Kier molecular flexibility index (Phi) is 2.54. The van der Waals surface area contributed by atoms with Crippen LogP contribution in [0.1, 0.15) is 37.8 Å². The third kappa shape index (κ3) is 1.96. The second kappa shape index (κ2) is 3.26. The van der Waals surface area contributed by atoms with Crippen molar-refractivity contribution in [2.75, 3.05) is 0 Å². The summed E-state index contributed by atoms with van der Waals surface area (Å²) in [7, 11) is 0. The molecule has 0 bridgehead atoms. The van der Waals surface area contributed by atoms with E-state index in [9.17, 15) is 0 Å². The molecule has 0 fully saturated rings. The van der Waals surface area contributed by atoms with Crippen LogP contribution in [0.25, 0.3) is 0 Å². The number of aromatic nitrogens is 3. The van der Waals surface area contributed by atoms with Crippen molar-refractivity contribution in [2.45, 2.75) is 32.1 Å². The molecule has 0 aliphatic carbocycles. The van der Waals surface area contributed by atoms with E-state index in [0.29, 0.717) is 5.92 Å². The molecule has 0 saturated heterocycles. The van der Waals surface area contributed by atoms with E-state index in [4.69, 9.17) is 0 Å². The Labute approximate surface area is 72.2 Å². The van der Waals surface area contributed by atoms with Crippen LogP contribution in [0.2, 0.25) is 0 Å². The van der Waals surface area contributed by atoms with Gasteiger partial charge in [-0.05, 0) is 12.8 Å². The maximum Gasteiger partial charge on any atom is 0.0932 e. The summed E-state index contributed by atoms with van der Waals surface area (Å²) in [5.41, 5.74) is 1.02. The van der Waals surface area contributed by atoms with E-state index < -0.39 is 0 Å². The Hall–Kier alpha value is -0.510. The van der Waals surface area contributed by atoms with Gasteiger partial charge < -0.3 is 0 Å². The van der Waals surface area contributed by atoms with Crippen molar-refractivity contribution in [2.24, 2.45) is 0 Å². The molecule has 1 heterocycles. The normalized spacial score (nSPS) is 13.9. The lowest BCUT2D eigenvalue weighted by Crippen LogP contribution is -1.98. The highest BCUT2D eigenvalue weighted by atomic mass is 32.1. The van der Waals surface area contributed by atoms with Crippen molar-refractivity contribution in [3.63, 3.8) is 0 Å². The first-order valence-corrected chi connectivity index (χ1v) is 4.22. The van der Waals surface area contributed by atoms with Gasteiger partial charge in [-0.25, -0.2) is 4.68 Å². The van der Waals surface area contributed by atoms with E-state index in [1.54, 1.807) is 4.68 Å². The fourth-order valence-corrected chi connectivity index (χ4v) is 0.850. The molecule has 4 heteroatoms.